The zero-order valence-corrected chi connectivity index (χ0v) is 17.0. The second-order valence-electron chi connectivity index (χ2n) is 5.60. The summed E-state index contributed by atoms with van der Waals surface area (Å²) in [4.78, 5) is 29.0. The van der Waals surface area contributed by atoms with Gasteiger partial charge in [-0.25, -0.2) is 4.98 Å². The van der Waals surface area contributed by atoms with E-state index in [4.69, 9.17) is 11.6 Å². The number of thiazole rings is 1. The highest BCUT2D eigenvalue weighted by atomic mass is 35.5. The second-order valence-corrected chi connectivity index (χ2v) is 7.74. The van der Waals surface area contributed by atoms with Gasteiger partial charge in [0, 0.05) is 28.5 Å². The van der Waals surface area contributed by atoms with Crippen molar-refractivity contribution in [3.63, 3.8) is 0 Å². The zero-order chi connectivity index (χ0) is 19.4. The molecule has 0 radical (unpaired) electrons. The van der Waals surface area contributed by atoms with E-state index in [1.54, 1.807) is 23.9 Å². The maximum atomic E-state index is 12.5. The van der Waals surface area contributed by atoms with Gasteiger partial charge in [-0.15, -0.1) is 23.1 Å². The van der Waals surface area contributed by atoms with E-state index < -0.39 is 0 Å². The number of nitrogens with zero attached hydrogens (tertiary/aromatic N) is 1. The van der Waals surface area contributed by atoms with Crippen molar-refractivity contribution in [3.05, 3.63) is 58.4 Å². The average Bonchev–Trinajstić information content (AvgIpc) is 3.10. The highest BCUT2D eigenvalue weighted by Crippen LogP contribution is 2.28. The van der Waals surface area contributed by atoms with Crippen molar-refractivity contribution in [2.24, 2.45) is 0 Å². The van der Waals surface area contributed by atoms with Crippen LogP contribution in [0, 0.1) is 0 Å². The Morgan fingerprint density at radius 2 is 1.85 bits per heavy atom. The molecule has 0 spiro atoms. The van der Waals surface area contributed by atoms with Crippen molar-refractivity contribution in [2.45, 2.75) is 11.8 Å². The molecular weight excluding hydrogens is 402 g/mol. The summed E-state index contributed by atoms with van der Waals surface area (Å²) >= 11 is 9.03. The van der Waals surface area contributed by atoms with Gasteiger partial charge in [0.2, 0.25) is 5.91 Å². The monoisotopic (exact) mass is 417 g/mol. The third kappa shape index (κ3) is 4.88. The largest absolute Gasteiger partial charge is 0.326 e. The molecule has 8 heteroatoms. The fourth-order valence-electron chi connectivity index (χ4n) is 2.36. The number of carbonyl (C=O) groups excluding carboxylic acids is 2. The van der Waals surface area contributed by atoms with E-state index in [0.29, 0.717) is 15.7 Å². The molecule has 138 valence electrons. The maximum absolute atomic E-state index is 12.5. The summed E-state index contributed by atoms with van der Waals surface area (Å²) in [6, 6.07) is 12.7. The third-order valence-electron chi connectivity index (χ3n) is 3.64. The van der Waals surface area contributed by atoms with Crippen LogP contribution in [0.3, 0.4) is 0 Å². The quantitative estimate of drug-likeness (QED) is 0.545. The lowest BCUT2D eigenvalue weighted by atomic mass is 10.1. The average molecular weight is 418 g/mol. The number of anilines is 2. The first-order valence-corrected chi connectivity index (χ1v) is 10.4. The first kappa shape index (κ1) is 19.4. The zero-order valence-electron chi connectivity index (χ0n) is 14.6. The second kappa shape index (κ2) is 8.56. The summed E-state index contributed by atoms with van der Waals surface area (Å²) in [6.45, 7) is 1.46. The van der Waals surface area contributed by atoms with Crippen molar-refractivity contribution in [2.75, 3.05) is 16.9 Å². The summed E-state index contributed by atoms with van der Waals surface area (Å²) < 4.78 is 0. The van der Waals surface area contributed by atoms with Crippen LogP contribution in [0.15, 0.2) is 52.7 Å². The number of nitrogens with one attached hydrogen (secondary N) is 2. The minimum absolute atomic E-state index is 0.120. The van der Waals surface area contributed by atoms with E-state index in [1.807, 2.05) is 42.0 Å². The van der Waals surface area contributed by atoms with Crippen molar-refractivity contribution in [3.8, 4) is 11.3 Å². The van der Waals surface area contributed by atoms with Crippen LogP contribution in [0.5, 0.6) is 0 Å². The lowest BCUT2D eigenvalue weighted by Gasteiger charge is -2.06. The molecule has 2 amide bonds. The molecule has 0 aliphatic carbocycles. The lowest BCUT2D eigenvalue weighted by Crippen LogP contribution is -2.12. The fraction of sp³-hybridized carbons (Fsp3) is 0.105. The Balaban J connectivity index is 1.74. The lowest BCUT2D eigenvalue weighted by molar-refractivity contribution is -0.114. The molecule has 5 nitrogen and oxygen atoms in total. The third-order valence-corrected chi connectivity index (χ3v) is 5.46. The highest BCUT2D eigenvalue weighted by molar-refractivity contribution is 7.98. The first-order chi connectivity index (χ1) is 13.0. The molecule has 3 rings (SSSR count). The van der Waals surface area contributed by atoms with E-state index in [1.165, 1.54) is 18.3 Å². The molecule has 0 fully saturated rings. The number of rotatable bonds is 5. The number of carbonyl (C=O) groups is 2. The minimum Gasteiger partial charge on any atom is -0.326 e. The number of hydrogen-bond donors (Lipinski definition) is 2. The van der Waals surface area contributed by atoms with E-state index in [0.717, 1.165) is 21.8 Å². The van der Waals surface area contributed by atoms with Crippen LogP contribution < -0.4 is 10.6 Å². The molecule has 0 aliphatic heterocycles. The number of thioether (sulfide) groups is 1. The van der Waals surface area contributed by atoms with Crippen molar-refractivity contribution in [1.82, 2.24) is 4.98 Å². The predicted molar refractivity (Wildman–Crippen MR) is 113 cm³/mol. The first-order valence-electron chi connectivity index (χ1n) is 7.94. The molecule has 1 aromatic heterocycles. The number of halogens is 1. The molecule has 0 unspecified atom stereocenters. The number of amides is 2. The van der Waals surface area contributed by atoms with Crippen LogP contribution in [0.1, 0.15) is 17.3 Å². The Morgan fingerprint density at radius 3 is 2.52 bits per heavy atom. The van der Waals surface area contributed by atoms with Gasteiger partial charge in [-0.05, 0) is 36.6 Å². The number of benzene rings is 2. The normalized spacial score (nSPS) is 10.5. The van der Waals surface area contributed by atoms with Crippen LogP contribution in [0.25, 0.3) is 11.3 Å². The topological polar surface area (TPSA) is 71.1 Å². The van der Waals surface area contributed by atoms with Crippen molar-refractivity contribution < 1.29 is 9.59 Å². The van der Waals surface area contributed by atoms with Gasteiger partial charge in [0.1, 0.15) is 0 Å². The van der Waals surface area contributed by atoms with Gasteiger partial charge >= 0.3 is 0 Å². The Kier molecular flexibility index (Phi) is 6.15. The summed E-state index contributed by atoms with van der Waals surface area (Å²) in [7, 11) is 0. The van der Waals surface area contributed by atoms with E-state index in [2.05, 4.69) is 15.6 Å². The van der Waals surface area contributed by atoms with Gasteiger partial charge in [0.15, 0.2) is 5.13 Å². The van der Waals surface area contributed by atoms with E-state index >= 15 is 0 Å². The van der Waals surface area contributed by atoms with E-state index in [9.17, 15) is 9.59 Å². The molecule has 0 bridgehead atoms. The predicted octanol–water partition coefficient (Wildman–Crippen LogP) is 5.40. The SMILES string of the molecule is CSc1ccc(Cl)c(C(=O)Nc2nc(-c3ccc(NC(C)=O)cc3)cs2)c1. The Hall–Kier alpha value is -2.35. The van der Waals surface area contributed by atoms with Crippen LogP contribution in [0.4, 0.5) is 10.8 Å². The molecule has 27 heavy (non-hydrogen) atoms. The van der Waals surface area contributed by atoms with Crippen LogP contribution in [-0.2, 0) is 4.79 Å². The molecule has 3 aromatic rings. The van der Waals surface area contributed by atoms with Gasteiger partial charge < -0.3 is 5.32 Å². The summed E-state index contributed by atoms with van der Waals surface area (Å²) in [5, 5.41) is 8.27. The maximum Gasteiger partial charge on any atom is 0.258 e. The molecule has 2 aromatic carbocycles. The molecule has 0 saturated carbocycles. The van der Waals surface area contributed by atoms with Crippen LogP contribution >= 0.6 is 34.7 Å². The van der Waals surface area contributed by atoms with Gasteiger partial charge in [0.05, 0.1) is 16.3 Å². The fourth-order valence-corrected chi connectivity index (χ4v) is 3.72. The molecule has 2 N–H and O–H groups in total. The van der Waals surface area contributed by atoms with Gasteiger partial charge in [0.25, 0.3) is 5.91 Å². The highest BCUT2D eigenvalue weighted by Gasteiger charge is 2.14. The molecule has 1 heterocycles. The minimum atomic E-state index is -0.294. The Labute approximate surface area is 170 Å². The number of hydrogen-bond acceptors (Lipinski definition) is 5. The molecule has 0 saturated heterocycles. The molecule has 0 aliphatic rings. The molecular formula is C19H16ClN3O2S2. The summed E-state index contributed by atoms with van der Waals surface area (Å²) in [5.74, 6) is -0.414. The van der Waals surface area contributed by atoms with Crippen molar-refractivity contribution in [1.29, 1.82) is 0 Å². The number of aromatic nitrogens is 1. The smallest absolute Gasteiger partial charge is 0.258 e. The summed E-state index contributed by atoms with van der Waals surface area (Å²) in [6.07, 6.45) is 1.94. The van der Waals surface area contributed by atoms with E-state index in [-0.39, 0.29) is 11.8 Å². The van der Waals surface area contributed by atoms with Gasteiger partial charge in [-0.2, -0.15) is 0 Å². The molecule has 0 atom stereocenters. The standard InChI is InChI=1S/C19H16ClN3O2S2/c1-11(24)21-13-5-3-12(4-6-13)17-10-27-19(22-17)23-18(25)15-9-14(26-2)7-8-16(15)20/h3-10H,1-2H3,(H,21,24)(H,22,23,25). The Bertz CT molecular complexity index is 987. The Morgan fingerprint density at radius 1 is 1.11 bits per heavy atom. The van der Waals surface area contributed by atoms with Crippen molar-refractivity contribution >= 4 is 57.3 Å². The summed E-state index contributed by atoms with van der Waals surface area (Å²) in [5.41, 5.74) is 2.77. The van der Waals surface area contributed by atoms with Gasteiger partial charge in [-0.1, -0.05) is 23.7 Å². The van der Waals surface area contributed by atoms with Gasteiger partial charge in [-0.3, -0.25) is 14.9 Å². The van der Waals surface area contributed by atoms with Crippen LogP contribution in [-0.4, -0.2) is 23.1 Å². The van der Waals surface area contributed by atoms with Crippen LogP contribution in [0.2, 0.25) is 5.02 Å².